The summed E-state index contributed by atoms with van der Waals surface area (Å²) < 4.78 is 44.8. The molecule has 0 saturated heterocycles. The standard InChI is InChI=1S/C9H13F3N2O2S/c1-15-2-6(13)7-4-17-8(14-7)3-16-5-9(10,11)12/h4,6H,2-3,5,13H2,1H3. The summed E-state index contributed by atoms with van der Waals surface area (Å²) >= 11 is 1.22. The molecular formula is C9H13F3N2O2S. The molecule has 1 atom stereocenters. The Labute approximate surface area is 101 Å². The van der Waals surface area contributed by atoms with E-state index in [0.717, 1.165) is 0 Å². The van der Waals surface area contributed by atoms with Crippen molar-refractivity contribution in [1.29, 1.82) is 0 Å². The molecule has 0 fully saturated rings. The van der Waals surface area contributed by atoms with E-state index in [9.17, 15) is 13.2 Å². The number of hydrogen-bond acceptors (Lipinski definition) is 5. The fraction of sp³-hybridized carbons (Fsp3) is 0.667. The Hall–Kier alpha value is -0.700. The summed E-state index contributed by atoms with van der Waals surface area (Å²) in [6.07, 6.45) is -4.31. The van der Waals surface area contributed by atoms with Crippen LogP contribution in [0.4, 0.5) is 13.2 Å². The Bertz CT molecular complexity index is 343. The van der Waals surface area contributed by atoms with E-state index >= 15 is 0 Å². The van der Waals surface area contributed by atoms with Crippen molar-refractivity contribution < 1.29 is 22.6 Å². The minimum absolute atomic E-state index is 0.163. The molecule has 0 aliphatic rings. The van der Waals surface area contributed by atoms with Crippen molar-refractivity contribution in [2.24, 2.45) is 5.73 Å². The van der Waals surface area contributed by atoms with Crippen molar-refractivity contribution in [1.82, 2.24) is 4.98 Å². The van der Waals surface area contributed by atoms with Crippen LogP contribution in [0.2, 0.25) is 0 Å². The van der Waals surface area contributed by atoms with Crippen LogP contribution in [0.1, 0.15) is 16.7 Å². The number of aromatic nitrogens is 1. The molecule has 8 heteroatoms. The number of thiazole rings is 1. The normalized spacial score (nSPS) is 13.9. The molecule has 0 aliphatic heterocycles. The predicted molar refractivity (Wildman–Crippen MR) is 56.6 cm³/mol. The summed E-state index contributed by atoms with van der Waals surface area (Å²) in [5, 5.41) is 2.16. The third kappa shape index (κ3) is 5.44. The molecule has 1 aromatic rings. The lowest BCUT2D eigenvalue weighted by molar-refractivity contribution is -0.176. The highest BCUT2D eigenvalue weighted by Crippen LogP contribution is 2.18. The van der Waals surface area contributed by atoms with Crippen molar-refractivity contribution in [2.75, 3.05) is 20.3 Å². The first-order valence-electron chi connectivity index (χ1n) is 4.75. The Morgan fingerprint density at radius 3 is 2.82 bits per heavy atom. The number of nitrogens with two attached hydrogens (primary N) is 1. The van der Waals surface area contributed by atoms with Crippen LogP contribution in [0.5, 0.6) is 0 Å². The van der Waals surface area contributed by atoms with E-state index in [0.29, 0.717) is 17.3 Å². The SMILES string of the molecule is COCC(N)c1csc(COCC(F)(F)F)n1. The summed E-state index contributed by atoms with van der Waals surface area (Å²) in [5.41, 5.74) is 6.31. The first kappa shape index (κ1) is 14.4. The van der Waals surface area contributed by atoms with Gasteiger partial charge in [-0.15, -0.1) is 11.3 Å². The molecule has 1 unspecified atom stereocenters. The number of rotatable bonds is 6. The predicted octanol–water partition coefficient (Wildman–Crippen LogP) is 1.87. The van der Waals surface area contributed by atoms with E-state index in [1.165, 1.54) is 18.4 Å². The summed E-state index contributed by atoms with van der Waals surface area (Å²) in [6, 6.07) is -0.368. The zero-order valence-electron chi connectivity index (χ0n) is 9.16. The second-order valence-corrected chi connectivity index (χ2v) is 4.28. The maximum atomic E-state index is 11.8. The largest absolute Gasteiger partial charge is 0.411 e. The monoisotopic (exact) mass is 270 g/mol. The third-order valence-corrected chi connectivity index (χ3v) is 2.63. The fourth-order valence-corrected chi connectivity index (χ4v) is 1.87. The second-order valence-electron chi connectivity index (χ2n) is 3.34. The molecule has 2 N–H and O–H groups in total. The summed E-state index contributed by atoms with van der Waals surface area (Å²) in [6.45, 7) is -1.12. The van der Waals surface area contributed by atoms with Crippen LogP contribution in [0.15, 0.2) is 5.38 Å². The molecule has 0 amide bonds. The molecule has 0 aliphatic carbocycles. The molecule has 1 heterocycles. The van der Waals surface area contributed by atoms with Gasteiger partial charge in [0.05, 0.1) is 24.9 Å². The molecule has 4 nitrogen and oxygen atoms in total. The number of hydrogen-bond donors (Lipinski definition) is 1. The van der Waals surface area contributed by atoms with Gasteiger partial charge in [0.1, 0.15) is 11.6 Å². The maximum Gasteiger partial charge on any atom is 0.411 e. The second kappa shape index (κ2) is 6.29. The molecule has 0 aromatic carbocycles. The van der Waals surface area contributed by atoms with Gasteiger partial charge in [-0.2, -0.15) is 13.2 Å². The van der Waals surface area contributed by atoms with Crippen molar-refractivity contribution in [3.05, 3.63) is 16.1 Å². The van der Waals surface area contributed by atoms with Crippen LogP contribution < -0.4 is 5.73 Å². The van der Waals surface area contributed by atoms with E-state index < -0.39 is 12.8 Å². The Kier molecular flexibility index (Phi) is 5.31. The highest BCUT2D eigenvalue weighted by atomic mass is 32.1. The van der Waals surface area contributed by atoms with Crippen LogP contribution in [-0.2, 0) is 16.1 Å². The fourth-order valence-electron chi connectivity index (χ4n) is 1.08. The van der Waals surface area contributed by atoms with Crippen LogP contribution >= 0.6 is 11.3 Å². The lowest BCUT2D eigenvalue weighted by Gasteiger charge is -2.07. The third-order valence-electron chi connectivity index (χ3n) is 1.79. The average Bonchev–Trinajstić information content (AvgIpc) is 2.65. The van der Waals surface area contributed by atoms with Crippen LogP contribution in [0.25, 0.3) is 0 Å². The van der Waals surface area contributed by atoms with E-state index in [4.69, 9.17) is 10.5 Å². The quantitative estimate of drug-likeness (QED) is 0.857. The highest BCUT2D eigenvalue weighted by Gasteiger charge is 2.27. The lowest BCUT2D eigenvalue weighted by atomic mass is 10.3. The number of nitrogens with zero attached hydrogens (tertiary/aromatic N) is 1. The van der Waals surface area contributed by atoms with E-state index in [1.54, 1.807) is 5.38 Å². The number of ether oxygens (including phenoxy) is 2. The molecule has 1 aromatic heterocycles. The first-order valence-corrected chi connectivity index (χ1v) is 5.63. The molecular weight excluding hydrogens is 257 g/mol. The molecule has 0 bridgehead atoms. The topological polar surface area (TPSA) is 57.4 Å². The molecule has 1 rings (SSSR count). The average molecular weight is 270 g/mol. The van der Waals surface area contributed by atoms with Gasteiger partial charge < -0.3 is 15.2 Å². The number of halogens is 3. The zero-order chi connectivity index (χ0) is 12.9. The van der Waals surface area contributed by atoms with Crippen molar-refractivity contribution in [3.63, 3.8) is 0 Å². The number of alkyl halides is 3. The smallest absolute Gasteiger partial charge is 0.383 e. The molecule has 98 valence electrons. The maximum absolute atomic E-state index is 11.8. The summed E-state index contributed by atoms with van der Waals surface area (Å²) in [7, 11) is 1.51. The van der Waals surface area contributed by atoms with Gasteiger partial charge in [0.25, 0.3) is 0 Å². The summed E-state index contributed by atoms with van der Waals surface area (Å²) in [5.74, 6) is 0. The van der Waals surface area contributed by atoms with E-state index in [-0.39, 0.29) is 12.6 Å². The summed E-state index contributed by atoms with van der Waals surface area (Å²) in [4.78, 5) is 4.07. The Morgan fingerprint density at radius 1 is 1.53 bits per heavy atom. The van der Waals surface area contributed by atoms with Gasteiger partial charge in [-0.25, -0.2) is 4.98 Å². The minimum Gasteiger partial charge on any atom is -0.383 e. The highest BCUT2D eigenvalue weighted by molar-refractivity contribution is 7.09. The first-order chi connectivity index (χ1) is 7.92. The van der Waals surface area contributed by atoms with E-state index in [1.807, 2.05) is 0 Å². The van der Waals surface area contributed by atoms with Gasteiger partial charge in [0.15, 0.2) is 0 Å². The van der Waals surface area contributed by atoms with Gasteiger partial charge in [-0.05, 0) is 0 Å². The van der Waals surface area contributed by atoms with Gasteiger partial charge in [-0.3, -0.25) is 0 Å². The van der Waals surface area contributed by atoms with Gasteiger partial charge in [0, 0.05) is 12.5 Å². The van der Waals surface area contributed by atoms with Crippen molar-refractivity contribution in [3.8, 4) is 0 Å². The Balaban J connectivity index is 2.40. The molecule has 17 heavy (non-hydrogen) atoms. The Morgan fingerprint density at radius 2 is 2.24 bits per heavy atom. The van der Waals surface area contributed by atoms with Crippen LogP contribution in [0, 0.1) is 0 Å². The lowest BCUT2D eigenvalue weighted by Crippen LogP contribution is -2.17. The van der Waals surface area contributed by atoms with Crippen LogP contribution in [0.3, 0.4) is 0 Å². The van der Waals surface area contributed by atoms with E-state index in [2.05, 4.69) is 9.72 Å². The van der Waals surface area contributed by atoms with Crippen molar-refractivity contribution >= 4 is 11.3 Å². The molecule has 0 saturated carbocycles. The minimum atomic E-state index is -4.31. The number of methoxy groups -OCH3 is 1. The van der Waals surface area contributed by atoms with Gasteiger partial charge in [0.2, 0.25) is 0 Å². The van der Waals surface area contributed by atoms with Crippen molar-refractivity contribution in [2.45, 2.75) is 18.8 Å². The zero-order valence-corrected chi connectivity index (χ0v) is 9.98. The molecule has 0 radical (unpaired) electrons. The van der Waals surface area contributed by atoms with Gasteiger partial charge >= 0.3 is 6.18 Å². The molecule has 0 spiro atoms. The van der Waals surface area contributed by atoms with Crippen LogP contribution in [-0.4, -0.2) is 31.5 Å². The van der Waals surface area contributed by atoms with Gasteiger partial charge in [-0.1, -0.05) is 0 Å².